The summed E-state index contributed by atoms with van der Waals surface area (Å²) < 4.78 is 27.1. The molecule has 5 nitrogen and oxygen atoms in total. The lowest BCUT2D eigenvalue weighted by Crippen LogP contribution is -2.18. The smallest absolute Gasteiger partial charge is 0.268 e. The lowest BCUT2D eigenvalue weighted by Gasteiger charge is -2.11. The molecule has 0 saturated carbocycles. The van der Waals surface area contributed by atoms with Gasteiger partial charge in [-0.3, -0.25) is 4.79 Å². The summed E-state index contributed by atoms with van der Waals surface area (Å²) in [5.74, 6) is -0.412. The molecule has 0 unspecified atom stereocenters. The number of hydrogen-bond donors (Lipinski definition) is 1. The molecule has 0 spiro atoms. The van der Waals surface area contributed by atoms with Crippen molar-refractivity contribution in [3.63, 3.8) is 0 Å². The van der Waals surface area contributed by atoms with Crippen LogP contribution in [0.1, 0.15) is 23.0 Å². The van der Waals surface area contributed by atoms with Crippen LogP contribution in [0.4, 0.5) is 0 Å². The van der Waals surface area contributed by atoms with Crippen LogP contribution in [-0.2, 0) is 16.6 Å². The Morgan fingerprint density at radius 2 is 1.65 bits per heavy atom. The third-order valence-electron chi connectivity index (χ3n) is 3.71. The molecule has 3 aromatic rings. The van der Waals surface area contributed by atoms with Gasteiger partial charge in [0.15, 0.2) is 5.78 Å². The average Bonchev–Trinajstić information content (AvgIpc) is 2.91. The van der Waals surface area contributed by atoms with Crippen molar-refractivity contribution >= 4 is 26.7 Å². The molecule has 0 fully saturated rings. The maximum Gasteiger partial charge on any atom is 0.268 e. The SMILES string of the molecule is CC(=O)c1c(CO)c2ccccc2n1S(=O)(=O)c1ccccc1. The van der Waals surface area contributed by atoms with Gasteiger partial charge in [-0.25, -0.2) is 12.4 Å². The summed E-state index contributed by atoms with van der Waals surface area (Å²) in [5.41, 5.74) is 0.704. The number of para-hydroxylation sites is 1. The number of carbonyl (C=O) groups excluding carboxylic acids is 1. The maximum absolute atomic E-state index is 13.0. The van der Waals surface area contributed by atoms with Crippen LogP contribution in [0.2, 0.25) is 0 Å². The third kappa shape index (κ3) is 2.36. The molecule has 0 atom stereocenters. The highest BCUT2D eigenvalue weighted by Crippen LogP contribution is 2.30. The largest absolute Gasteiger partial charge is 0.392 e. The predicted octanol–water partition coefficient (Wildman–Crippen LogP) is 2.57. The molecule has 2 aromatic carbocycles. The van der Waals surface area contributed by atoms with E-state index in [2.05, 4.69) is 0 Å². The number of aliphatic hydroxyl groups is 1. The summed E-state index contributed by atoms with van der Waals surface area (Å²) >= 11 is 0. The van der Waals surface area contributed by atoms with Crippen LogP contribution in [-0.4, -0.2) is 23.3 Å². The molecule has 6 heteroatoms. The highest BCUT2D eigenvalue weighted by Gasteiger charge is 2.28. The van der Waals surface area contributed by atoms with Gasteiger partial charge in [-0.1, -0.05) is 36.4 Å². The number of aromatic nitrogens is 1. The molecule has 0 aliphatic heterocycles. The van der Waals surface area contributed by atoms with E-state index in [9.17, 15) is 18.3 Å². The van der Waals surface area contributed by atoms with Gasteiger partial charge in [0.2, 0.25) is 0 Å². The molecule has 1 N–H and O–H groups in total. The van der Waals surface area contributed by atoms with Gasteiger partial charge in [-0.05, 0) is 18.2 Å². The Morgan fingerprint density at radius 1 is 1.04 bits per heavy atom. The Morgan fingerprint density at radius 3 is 2.26 bits per heavy atom. The topological polar surface area (TPSA) is 76.4 Å². The van der Waals surface area contributed by atoms with Crippen LogP contribution < -0.4 is 0 Å². The first-order chi connectivity index (χ1) is 11.0. The van der Waals surface area contributed by atoms with E-state index in [4.69, 9.17) is 0 Å². The van der Waals surface area contributed by atoms with Crippen molar-refractivity contribution in [2.45, 2.75) is 18.4 Å². The van der Waals surface area contributed by atoms with Crippen LogP contribution >= 0.6 is 0 Å². The number of ketones is 1. The summed E-state index contributed by atoms with van der Waals surface area (Å²) in [4.78, 5) is 12.2. The standard InChI is InChI=1S/C17H15NO4S/c1-12(20)17-15(11-19)14-9-5-6-10-16(14)18(17)23(21,22)13-7-3-2-4-8-13/h2-10,19H,11H2,1H3. The van der Waals surface area contributed by atoms with E-state index in [0.717, 1.165) is 3.97 Å². The Kier molecular flexibility index (Phi) is 3.79. The lowest BCUT2D eigenvalue weighted by molar-refractivity contribution is 0.100. The molecule has 0 aliphatic carbocycles. The monoisotopic (exact) mass is 329 g/mol. The number of nitrogens with zero attached hydrogens (tertiary/aromatic N) is 1. The molecule has 3 rings (SSSR count). The minimum absolute atomic E-state index is 0.00227. The molecule has 1 heterocycles. The van der Waals surface area contributed by atoms with Crippen LogP contribution in [0.25, 0.3) is 10.9 Å². The van der Waals surface area contributed by atoms with Crippen molar-refractivity contribution in [3.8, 4) is 0 Å². The van der Waals surface area contributed by atoms with Crippen molar-refractivity contribution < 1.29 is 18.3 Å². The van der Waals surface area contributed by atoms with Gasteiger partial charge in [-0.2, -0.15) is 0 Å². The van der Waals surface area contributed by atoms with E-state index in [1.807, 2.05) is 0 Å². The van der Waals surface area contributed by atoms with Crippen molar-refractivity contribution in [1.29, 1.82) is 0 Å². The zero-order valence-corrected chi connectivity index (χ0v) is 13.2. The summed E-state index contributed by atoms with van der Waals surface area (Å²) in [6.07, 6.45) is 0. The number of benzene rings is 2. The fourth-order valence-corrected chi connectivity index (χ4v) is 4.35. The zero-order chi connectivity index (χ0) is 16.6. The summed E-state index contributed by atoms with van der Waals surface area (Å²) in [7, 11) is -3.95. The molecule has 0 saturated heterocycles. The summed E-state index contributed by atoms with van der Waals surface area (Å²) in [5, 5.41) is 10.2. The number of aliphatic hydroxyl groups excluding tert-OH is 1. The second kappa shape index (κ2) is 5.64. The van der Waals surface area contributed by atoms with E-state index in [1.165, 1.54) is 19.1 Å². The van der Waals surface area contributed by atoms with Crippen molar-refractivity contribution in [1.82, 2.24) is 3.97 Å². The summed E-state index contributed by atoms with van der Waals surface area (Å²) in [6, 6.07) is 14.7. The molecule has 118 valence electrons. The van der Waals surface area contributed by atoms with Crippen molar-refractivity contribution in [2.75, 3.05) is 0 Å². The molecule has 0 amide bonds. The molecule has 0 bridgehead atoms. The van der Waals surface area contributed by atoms with Crippen LogP contribution in [0, 0.1) is 0 Å². The number of rotatable bonds is 4. The third-order valence-corrected chi connectivity index (χ3v) is 5.44. The minimum atomic E-state index is -3.95. The predicted molar refractivity (Wildman–Crippen MR) is 86.9 cm³/mol. The summed E-state index contributed by atoms with van der Waals surface area (Å²) in [6.45, 7) is 0.886. The maximum atomic E-state index is 13.0. The van der Waals surface area contributed by atoms with Gasteiger partial charge >= 0.3 is 0 Å². The van der Waals surface area contributed by atoms with Gasteiger partial charge < -0.3 is 5.11 Å². The van der Waals surface area contributed by atoms with Crippen LogP contribution in [0.15, 0.2) is 59.5 Å². The number of fused-ring (bicyclic) bond motifs is 1. The van der Waals surface area contributed by atoms with E-state index >= 15 is 0 Å². The average molecular weight is 329 g/mol. The van der Waals surface area contributed by atoms with E-state index in [0.29, 0.717) is 16.5 Å². The Balaban J connectivity index is 2.47. The fourth-order valence-electron chi connectivity index (χ4n) is 2.74. The van der Waals surface area contributed by atoms with Crippen molar-refractivity contribution in [3.05, 3.63) is 65.9 Å². The normalized spacial score (nSPS) is 11.7. The first kappa shape index (κ1) is 15.5. The number of Topliss-reactive ketones (excluding diaryl/α,β-unsaturated/α-hetero) is 1. The van der Waals surface area contributed by atoms with Gasteiger partial charge in [0.25, 0.3) is 10.0 Å². The Bertz CT molecular complexity index is 988. The van der Waals surface area contributed by atoms with Gasteiger partial charge in [0.05, 0.1) is 17.0 Å². The lowest BCUT2D eigenvalue weighted by atomic mass is 10.1. The number of hydrogen-bond acceptors (Lipinski definition) is 4. The highest BCUT2D eigenvalue weighted by atomic mass is 32.2. The van der Waals surface area contributed by atoms with Gasteiger partial charge in [-0.15, -0.1) is 0 Å². The Hall–Kier alpha value is -2.44. The first-order valence-electron chi connectivity index (χ1n) is 7.03. The molecule has 23 heavy (non-hydrogen) atoms. The van der Waals surface area contributed by atoms with Crippen molar-refractivity contribution in [2.24, 2.45) is 0 Å². The highest BCUT2D eigenvalue weighted by molar-refractivity contribution is 7.90. The number of carbonyl (C=O) groups is 1. The van der Waals surface area contributed by atoms with Gasteiger partial charge in [0.1, 0.15) is 5.69 Å². The quantitative estimate of drug-likeness (QED) is 0.746. The molecular formula is C17H15NO4S. The molecule has 0 radical (unpaired) electrons. The first-order valence-corrected chi connectivity index (χ1v) is 8.47. The second-order valence-electron chi connectivity index (χ2n) is 5.14. The van der Waals surface area contributed by atoms with E-state index in [1.54, 1.807) is 42.5 Å². The van der Waals surface area contributed by atoms with Gasteiger partial charge in [0, 0.05) is 17.9 Å². The van der Waals surface area contributed by atoms with Crippen LogP contribution in [0.3, 0.4) is 0 Å². The fraction of sp³-hybridized carbons (Fsp3) is 0.118. The van der Waals surface area contributed by atoms with Crippen LogP contribution in [0.5, 0.6) is 0 Å². The molecule has 0 aliphatic rings. The van der Waals surface area contributed by atoms with E-state index in [-0.39, 0.29) is 10.6 Å². The molecule has 1 aromatic heterocycles. The second-order valence-corrected chi connectivity index (χ2v) is 6.93. The minimum Gasteiger partial charge on any atom is -0.392 e. The zero-order valence-electron chi connectivity index (χ0n) is 12.4. The Labute approximate surface area is 133 Å². The van der Waals surface area contributed by atoms with E-state index < -0.39 is 22.4 Å². The molecular weight excluding hydrogens is 314 g/mol.